The Labute approximate surface area is 123 Å². The van der Waals surface area contributed by atoms with E-state index in [9.17, 15) is 0 Å². The monoisotopic (exact) mass is 291 g/mol. The van der Waals surface area contributed by atoms with Gasteiger partial charge in [-0.25, -0.2) is 4.98 Å². The lowest BCUT2D eigenvalue weighted by molar-refractivity contribution is 0.249. The number of hydrogen-bond donors (Lipinski definition) is 1. The van der Waals surface area contributed by atoms with Gasteiger partial charge in [0.15, 0.2) is 0 Å². The minimum atomic E-state index is 0.379. The van der Waals surface area contributed by atoms with E-state index in [0.29, 0.717) is 12.0 Å². The maximum absolute atomic E-state index is 5.87. The average Bonchev–Trinajstić information content (AvgIpc) is 2.78. The minimum Gasteiger partial charge on any atom is -0.368 e. The van der Waals surface area contributed by atoms with Crippen molar-refractivity contribution < 1.29 is 0 Å². The summed E-state index contributed by atoms with van der Waals surface area (Å²) in [4.78, 5) is 15.8. The van der Waals surface area contributed by atoms with E-state index in [1.807, 2.05) is 0 Å². The second-order valence-electron chi connectivity index (χ2n) is 5.66. The molecule has 0 unspecified atom stereocenters. The molecule has 2 aromatic heterocycles. The van der Waals surface area contributed by atoms with Crippen molar-refractivity contribution in [3.8, 4) is 0 Å². The molecule has 1 saturated heterocycles. The van der Waals surface area contributed by atoms with Gasteiger partial charge in [0.25, 0.3) is 0 Å². The zero-order valence-corrected chi connectivity index (χ0v) is 13.1. The molecule has 2 aromatic rings. The summed E-state index contributed by atoms with van der Waals surface area (Å²) in [5.41, 5.74) is 5.87. The fraction of sp³-hybridized carbons (Fsp3) is 0.571. The fourth-order valence-electron chi connectivity index (χ4n) is 2.88. The summed E-state index contributed by atoms with van der Waals surface area (Å²) in [6, 6.07) is 2.84. The molecule has 1 aliphatic rings. The van der Waals surface area contributed by atoms with E-state index < -0.39 is 0 Å². The van der Waals surface area contributed by atoms with Crippen molar-refractivity contribution in [1.29, 1.82) is 0 Å². The van der Waals surface area contributed by atoms with E-state index in [-0.39, 0.29) is 0 Å². The standard InChI is InChI=1S/C14H21N5S/c1-9-8-11-12(16-14(15)17-13(11)20-9)19-6-4-10(5-7-19)18(2)3/h8,10H,4-7H2,1-3H3,(H2,15,16,17). The first-order valence-electron chi connectivity index (χ1n) is 6.99. The van der Waals surface area contributed by atoms with Crippen molar-refractivity contribution in [2.75, 3.05) is 37.8 Å². The van der Waals surface area contributed by atoms with Crippen LogP contribution in [-0.4, -0.2) is 48.1 Å². The number of fused-ring (bicyclic) bond motifs is 1. The van der Waals surface area contributed by atoms with Crippen LogP contribution in [0, 0.1) is 6.92 Å². The van der Waals surface area contributed by atoms with Crippen LogP contribution in [-0.2, 0) is 0 Å². The lowest BCUT2D eigenvalue weighted by atomic mass is 10.0. The molecule has 3 heterocycles. The molecule has 108 valence electrons. The van der Waals surface area contributed by atoms with Gasteiger partial charge in [-0.05, 0) is 39.9 Å². The summed E-state index contributed by atoms with van der Waals surface area (Å²) in [6.07, 6.45) is 2.34. The van der Waals surface area contributed by atoms with Gasteiger partial charge in [0.1, 0.15) is 10.6 Å². The Hall–Kier alpha value is -1.40. The number of nitrogen functional groups attached to an aromatic ring is 1. The molecule has 5 nitrogen and oxygen atoms in total. The van der Waals surface area contributed by atoms with Crippen LogP contribution in [0.25, 0.3) is 10.2 Å². The number of thiophene rings is 1. The van der Waals surface area contributed by atoms with Crippen LogP contribution in [0.2, 0.25) is 0 Å². The predicted octanol–water partition coefficient (Wildman–Crippen LogP) is 2.11. The Kier molecular flexibility index (Phi) is 3.52. The highest BCUT2D eigenvalue weighted by Gasteiger charge is 2.23. The third-order valence-corrected chi connectivity index (χ3v) is 4.95. The van der Waals surface area contributed by atoms with Gasteiger partial charge in [-0.15, -0.1) is 11.3 Å². The summed E-state index contributed by atoms with van der Waals surface area (Å²) >= 11 is 1.68. The molecule has 0 amide bonds. The van der Waals surface area contributed by atoms with Crippen LogP contribution in [0.4, 0.5) is 11.8 Å². The second kappa shape index (κ2) is 5.18. The highest BCUT2D eigenvalue weighted by atomic mass is 32.1. The number of nitrogens with zero attached hydrogens (tertiary/aromatic N) is 4. The number of anilines is 2. The number of aryl methyl sites for hydroxylation is 1. The number of aromatic nitrogens is 2. The quantitative estimate of drug-likeness (QED) is 0.918. The summed E-state index contributed by atoms with van der Waals surface area (Å²) in [7, 11) is 4.31. The molecule has 1 fully saturated rings. The smallest absolute Gasteiger partial charge is 0.223 e. The van der Waals surface area contributed by atoms with Crippen LogP contribution in [0.15, 0.2) is 6.07 Å². The molecule has 0 aliphatic carbocycles. The van der Waals surface area contributed by atoms with Gasteiger partial charge in [0.2, 0.25) is 5.95 Å². The van der Waals surface area contributed by atoms with Crippen LogP contribution in [0.3, 0.4) is 0 Å². The Balaban J connectivity index is 1.91. The summed E-state index contributed by atoms with van der Waals surface area (Å²) in [6.45, 7) is 4.16. The Morgan fingerprint density at radius 3 is 2.65 bits per heavy atom. The Morgan fingerprint density at radius 1 is 1.30 bits per heavy atom. The molecule has 0 aromatic carbocycles. The van der Waals surface area contributed by atoms with Crippen molar-refractivity contribution in [3.05, 3.63) is 10.9 Å². The molecule has 0 atom stereocenters. The van der Waals surface area contributed by atoms with Crippen LogP contribution in [0.1, 0.15) is 17.7 Å². The van der Waals surface area contributed by atoms with Gasteiger partial charge in [0, 0.05) is 24.0 Å². The fourth-order valence-corrected chi connectivity index (χ4v) is 3.76. The molecule has 20 heavy (non-hydrogen) atoms. The molecular formula is C14H21N5S. The van der Waals surface area contributed by atoms with E-state index in [2.05, 4.69) is 46.9 Å². The maximum atomic E-state index is 5.87. The topological polar surface area (TPSA) is 58.3 Å². The van der Waals surface area contributed by atoms with Gasteiger partial charge < -0.3 is 15.5 Å². The first-order valence-corrected chi connectivity index (χ1v) is 7.81. The maximum Gasteiger partial charge on any atom is 0.223 e. The van der Waals surface area contributed by atoms with Crippen LogP contribution < -0.4 is 10.6 Å². The number of hydrogen-bond acceptors (Lipinski definition) is 6. The van der Waals surface area contributed by atoms with Gasteiger partial charge in [-0.3, -0.25) is 0 Å². The lowest BCUT2D eigenvalue weighted by Crippen LogP contribution is -2.42. The van der Waals surface area contributed by atoms with Crippen molar-refractivity contribution in [2.24, 2.45) is 0 Å². The van der Waals surface area contributed by atoms with Crippen LogP contribution in [0.5, 0.6) is 0 Å². The zero-order chi connectivity index (χ0) is 14.3. The summed E-state index contributed by atoms with van der Waals surface area (Å²) in [5.74, 6) is 1.39. The highest BCUT2D eigenvalue weighted by molar-refractivity contribution is 7.18. The normalized spacial score (nSPS) is 17.3. The van der Waals surface area contributed by atoms with Crippen molar-refractivity contribution in [1.82, 2.24) is 14.9 Å². The molecule has 6 heteroatoms. The molecule has 0 bridgehead atoms. The summed E-state index contributed by atoms with van der Waals surface area (Å²) < 4.78 is 0. The van der Waals surface area contributed by atoms with Gasteiger partial charge >= 0.3 is 0 Å². The Bertz CT molecular complexity index is 613. The minimum absolute atomic E-state index is 0.379. The van der Waals surface area contributed by atoms with E-state index in [1.54, 1.807) is 11.3 Å². The average molecular weight is 291 g/mol. The largest absolute Gasteiger partial charge is 0.368 e. The molecule has 0 radical (unpaired) electrons. The SMILES string of the molecule is Cc1cc2c(N3CCC(N(C)C)CC3)nc(N)nc2s1. The second-order valence-corrected chi connectivity index (χ2v) is 6.90. The van der Waals surface area contributed by atoms with Crippen molar-refractivity contribution >= 4 is 33.3 Å². The number of nitrogens with two attached hydrogens (primary N) is 1. The van der Waals surface area contributed by atoms with Gasteiger partial charge in [0.05, 0.1) is 5.39 Å². The third-order valence-electron chi connectivity index (χ3n) is 4.01. The molecule has 0 spiro atoms. The highest BCUT2D eigenvalue weighted by Crippen LogP contribution is 2.32. The number of piperidine rings is 1. The van der Waals surface area contributed by atoms with E-state index >= 15 is 0 Å². The molecule has 0 saturated carbocycles. The molecule has 1 aliphatic heterocycles. The van der Waals surface area contributed by atoms with E-state index in [4.69, 9.17) is 5.73 Å². The van der Waals surface area contributed by atoms with Gasteiger partial charge in [-0.1, -0.05) is 0 Å². The summed E-state index contributed by atoms with van der Waals surface area (Å²) in [5, 5.41) is 1.14. The first-order chi connectivity index (χ1) is 9.54. The molecular weight excluding hydrogens is 270 g/mol. The van der Waals surface area contributed by atoms with Gasteiger partial charge in [-0.2, -0.15) is 4.98 Å². The Morgan fingerprint density at radius 2 is 2.00 bits per heavy atom. The molecule has 2 N–H and O–H groups in total. The van der Waals surface area contributed by atoms with E-state index in [0.717, 1.165) is 29.1 Å². The lowest BCUT2D eigenvalue weighted by Gasteiger charge is -2.36. The predicted molar refractivity (Wildman–Crippen MR) is 85.5 cm³/mol. The zero-order valence-electron chi connectivity index (χ0n) is 12.3. The third kappa shape index (κ3) is 2.45. The van der Waals surface area contributed by atoms with Crippen molar-refractivity contribution in [3.63, 3.8) is 0 Å². The number of rotatable bonds is 2. The molecule has 3 rings (SSSR count). The van der Waals surface area contributed by atoms with E-state index in [1.165, 1.54) is 17.7 Å². The first kappa shape index (κ1) is 13.6. The van der Waals surface area contributed by atoms with Crippen LogP contribution >= 0.6 is 11.3 Å². The van der Waals surface area contributed by atoms with Crippen molar-refractivity contribution in [2.45, 2.75) is 25.8 Å².